The molecule has 1 fully saturated rings. The number of hydrogen-bond donors (Lipinski definition) is 0. The Morgan fingerprint density at radius 3 is 2.25 bits per heavy atom. The minimum absolute atomic E-state index is 0. The van der Waals surface area contributed by atoms with Crippen molar-refractivity contribution < 1.29 is 30.9 Å². The van der Waals surface area contributed by atoms with Crippen LogP contribution in [0, 0.1) is 0 Å². The molecule has 1 heterocycles. The van der Waals surface area contributed by atoms with Gasteiger partial charge in [0.1, 0.15) is 12.6 Å². The lowest BCUT2D eigenvalue weighted by Crippen LogP contribution is -3.00. The Bertz CT molecular complexity index is 136. The van der Waals surface area contributed by atoms with Gasteiger partial charge in [0.2, 0.25) is 0 Å². The van der Waals surface area contributed by atoms with Gasteiger partial charge in [0.15, 0.2) is 6.29 Å². The first-order chi connectivity index (χ1) is 4.97. The lowest BCUT2D eigenvalue weighted by atomic mass is 10.3. The van der Waals surface area contributed by atoms with Crippen molar-refractivity contribution in [2.24, 2.45) is 0 Å². The van der Waals surface area contributed by atoms with Gasteiger partial charge in [0.25, 0.3) is 0 Å². The molecule has 0 radical (unpaired) electrons. The maximum absolute atomic E-state index is 5.50. The van der Waals surface area contributed by atoms with Crippen molar-refractivity contribution in [1.82, 2.24) is 0 Å². The van der Waals surface area contributed by atoms with E-state index in [1.165, 1.54) is 0 Å². The van der Waals surface area contributed by atoms with E-state index in [2.05, 4.69) is 21.1 Å². The molecule has 3 nitrogen and oxygen atoms in total. The molecule has 0 amide bonds. The molecule has 0 aromatic rings. The number of hydrogen-bond acceptors (Lipinski definition) is 2. The third kappa shape index (κ3) is 4.40. The van der Waals surface area contributed by atoms with Gasteiger partial charge in [-0.3, -0.25) is 0 Å². The van der Waals surface area contributed by atoms with E-state index in [4.69, 9.17) is 9.47 Å². The van der Waals surface area contributed by atoms with Crippen molar-refractivity contribution in [2.45, 2.75) is 19.3 Å². The molecule has 0 saturated carbocycles. The van der Waals surface area contributed by atoms with Gasteiger partial charge in [-0.2, -0.15) is 0 Å². The predicted molar refractivity (Wildman–Crippen MR) is 43.2 cm³/mol. The molecule has 1 aliphatic rings. The van der Waals surface area contributed by atoms with Gasteiger partial charge in [-0.25, -0.2) is 0 Å². The highest BCUT2D eigenvalue weighted by Gasteiger charge is 2.27. The Labute approximate surface area is 85.0 Å². The minimum atomic E-state index is -0.00782. The lowest BCUT2D eigenvalue weighted by Gasteiger charge is -2.26. The number of likely N-dealkylation sites (N-methyl/N-ethyl adjacent to an activating group) is 1. The molecule has 2 unspecified atom stereocenters. The number of quaternary nitrogens is 1. The predicted octanol–water partition coefficient (Wildman–Crippen LogP) is -2.54. The fourth-order valence-corrected chi connectivity index (χ4v) is 1.30. The van der Waals surface area contributed by atoms with Gasteiger partial charge in [-0.15, -0.1) is 0 Å². The highest BCUT2D eigenvalue weighted by molar-refractivity contribution is 4.61. The van der Waals surface area contributed by atoms with Gasteiger partial charge in [0, 0.05) is 0 Å². The van der Waals surface area contributed by atoms with Gasteiger partial charge in [-0.1, -0.05) is 0 Å². The van der Waals surface area contributed by atoms with Crippen LogP contribution >= 0.6 is 0 Å². The van der Waals surface area contributed by atoms with Crippen molar-refractivity contribution >= 4 is 0 Å². The summed E-state index contributed by atoms with van der Waals surface area (Å²) in [6.07, 6.45) is 0.275. The molecule has 12 heavy (non-hydrogen) atoms. The van der Waals surface area contributed by atoms with Crippen LogP contribution in [-0.2, 0) is 9.47 Å². The van der Waals surface area contributed by atoms with Crippen LogP contribution in [0.3, 0.4) is 0 Å². The Kier molecular flexibility index (Phi) is 4.69. The zero-order chi connectivity index (χ0) is 8.48. The Morgan fingerprint density at radius 1 is 1.33 bits per heavy atom. The van der Waals surface area contributed by atoms with Crippen LogP contribution in [0.5, 0.6) is 0 Å². The zero-order valence-corrected chi connectivity index (χ0v) is 9.80. The highest BCUT2D eigenvalue weighted by atomic mass is 79.9. The standard InChI is InChI=1S/C8H18NO2.BrH/c1-7-10-6-8(11-7)5-9(2,3)4;/h7-8H,5-6H2,1-4H3;1H/q+1;/p-1. The third-order valence-electron chi connectivity index (χ3n) is 1.65. The molecule has 0 aromatic carbocycles. The van der Waals surface area contributed by atoms with Crippen LogP contribution in [-0.4, -0.2) is 51.2 Å². The molecule has 0 N–H and O–H groups in total. The summed E-state index contributed by atoms with van der Waals surface area (Å²) in [5.74, 6) is 0. The van der Waals surface area contributed by atoms with Crippen LogP contribution in [0.4, 0.5) is 0 Å². The minimum Gasteiger partial charge on any atom is -1.00 e. The van der Waals surface area contributed by atoms with E-state index in [-0.39, 0.29) is 29.4 Å². The van der Waals surface area contributed by atoms with Gasteiger partial charge >= 0.3 is 0 Å². The first-order valence-corrected chi connectivity index (χ1v) is 4.05. The maximum Gasteiger partial charge on any atom is 0.155 e. The molecule has 0 aromatic heterocycles. The summed E-state index contributed by atoms with van der Waals surface area (Å²) in [5.41, 5.74) is 0. The van der Waals surface area contributed by atoms with Gasteiger partial charge < -0.3 is 30.9 Å². The average Bonchev–Trinajstić information content (AvgIpc) is 2.10. The summed E-state index contributed by atoms with van der Waals surface area (Å²) < 4.78 is 11.7. The molecule has 0 aliphatic carbocycles. The van der Waals surface area contributed by atoms with Crippen molar-refractivity contribution in [3.8, 4) is 0 Å². The Hall–Kier alpha value is 0.360. The molecule has 1 aliphatic heterocycles. The average molecular weight is 240 g/mol. The molecule has 1 rings (SSSR count). The number of rotatable bonds is 2. The van der Waals surface area contributed by atoms with Crippen LogP contribution < -0.4 is 17.0 Å². The summed E-state index contributed by atoms with van der Waals surface area (Å²) in [5, 5.41) is 0. The van der Waals surface area contributed by atoms with Crippen molar-refractivity contribution in [3.63, 3.8) is 0 Å². The molecule has 4 heteroatoms. The highest BCUT2D eigenvalue weighted by Crippen LogP contribution is 2.12. The van der Waals surface area contributed by atoms with Crippen molar-refractivity contribution in [1.29, 1.82) is 0 Å². The normalized spacial score (nSPS) is 30.0. The molecule has 0 spiro atoms. The summed E-state index contributed by atoms with van der Waals surface area (Å²) in [6.45, 7) is 3.71. The van der Waals surface area contributed by atoms with E-state index in [1.54, 1.807) is 0 Å². The molecule has 2 atom stereocenters. The maximum atomic E-state index is 5.50. The summed E-state index contributed by atoms with van der Waals surface area (Å²) >= 11 is 0. The van der Waals surface area contributed by atoms with E-state index >= 15 is 0 Å². The van der Waals surface area contributed by atoms with Crippen LogP contribution in [0.2, 0.25) is 0 Å². The monoisotopic (exact) mass is 239 g/mol. The van der Waals surface area contributed by atoms with E-state index < -0.39 is 0 Å². The number of nitrogens with zero attached hydrogens (tertiary/aromatic N) is 1. The van der Waals surface area contributed by atoms with Crippen LogP contribution in [0.15, 0.2) is 0 Å². The van der Waals surface area contributed by atoms with E-state index in [0.29, 0.717) is 0 Å². The topological polar surface area (TPSA) is 18.5 Å². The Balaban J connectivity index is 0.00000121. The fourth-order valence-electron chi connectivity index (χ4n) is 1.30. The van der Waals surface area contributed by atoms with Crippen LogP contribution in [0.25, 0.3) is 0 Å². The second-order valence-corrected chi connectivity index (χ2v) is 4.13. The summed E-state index contributed by atoms with van der Waals surface area (Å²) in [4.78, 5) is 0. The number of ether oxygens (including phenoxy) is 2. The largest absolute Gasteiger partial charge is 1.00 e. The first-order valence-electron chi connectivity index (χ1n) is 4.05. The van der Waals surface area contributed by atoms with E-state index in [1.807, 2.05) is 6.92 Å². The smallest absolute Gasteiger partial charge is 0.155 e. The third-order valence-corrected chi connectivity index (χ3v) is 1.65. The quantitative estimate of drug-likeness (QED) is 0.495. The van der Waals surface area contributed by atoms with E-state index in [9.17, 15) is 0 Å². The molecule has 0 bridgehead atoms. The van der Waals surface area contributed by atoms with E-state index in [0.717, 1.165) is 17.6 Å². The van der Waals surface area contributed by atoms with Crippen molar-refractivity contribution in [2.75, 3.05) is 34.3 Å². The van der Waals surface area contributed by atoms with Crippen molar-refractivity contribution in [3.05, 3.63) is 0 Å². The van der Waals surface area contributed by atoms with Crippen LogP contribution in [0.1, 0.15) is 6.92 Å². The SMILES string of the molecule is CC1OCC(C[N+](C)(C)C)O1.[Br-]. The zero-order valence-electron chi connectivity index (χ0n) is 8.21. The van der Waals surface area contributed by atoms with Gasteiger partial charge in [0.05, 0.1) is 27.7 Å². The number of halogens is 1. The summed E-state index contributed by atoms with van der Waals surface area (Å²) in [7, 11) is 6.48. The second-order valence-electron chi connectivity index (χ2n) is 4.13. The Morgan fingerprint density at radius 2 is 1.92 bits per heavy atom. The molecular weight excluding hydrogens is 222 g/mol. The molecule has 74 valence electrons. The fraction of sp³-hybridized carbons (Fsp3) is 1.00. The molecular formula is C8H18BrNO2. The second kappa shape index (κ2) is 4.56. The summed E-state index contributed by atoms with van der Waals surface area (Å²) in [6, 6.07) is 0. The lowest BCUT2D eigenvalue weighted by molar-refractivity contribution is -0.873. The van der Waals surface area contributed by atoms with Gasteiger partial charge in [-0.05, 0) is 6.92 Å². The first kappa shape index (κ1) is 12.4. The molecule has 1 saturated heterocycles.